The number of aromatic nitrogens is 1. The van der Waals surface area contributed by atoms with Gasteiger partial charge in [-0.05, 0) is 12.5 Å². The number of ether oxygens (including phenoxy) is 1. The predicted octanol–water partition coefficient (Wildman–Crippen LogP) is 0.925. The number of hydrogen-bond donors (Lipinski definition) is 0. The highest BCUT2D eigenvalue weighted by Crippen LogP contribution is 2.17. The molecule has 0 fully saturated rings. The van der Waals surface area contributed by atoms with Gasteiger partial charge in [-0.2, -0.15) is 0 Å². The van der Waals surface area contributed by atoms with Crippen molar-refractivity contribution in [1.29, 1.82) is 0 Å². The fourth-order valence-corrected chi connectivity index (χ4v) is 1.71. The van der Waals surface area contributed by atoms with Crippen molar-refractivity contribution >= 4 is 5.97 Å². The van der Waals surface area contributed by atoms with Crippen LogP contribution in [0, 0.1) is 0 Å². The molecule has 1 aliphatic heterocycles. The largest absolute Gasteiger partial charge is 0.454 e. The Bertz CT molecular complexity index is 423. The lowest BCUT2D eigenvalue weighted by atomic mass is 10.1. The molecule has 0 unspecified atom stereocenters. The molecule has 3 heteroatoms. The minimum absolute atomic E-state index is 0.0916. The van der Waals surface area contributed by atoms with Crippen molar-refractivity contribution in [2.24, 2.45) is 7.05 Å². The van der Waals surface area contributed by atoms with Gasteiger partial charge in [-0.15, -0.1) is 0 Å². The van der Waals surface area contributed by atoms with Crippen molar-refractivity contribution < 1.29 is 14.1 Å². The molecule has 0 bridgehead atoms. The van der Waals surface area contributed by atoms with Crippen molar-refractivity contribution in [3.8, 4) is 0 Å². The Morgan fingerprint density at radius 3 is 2.87 bits per heavy atom. The minimum Gasteiger partial charge on any atom is -0.454 e. The van der Waals surface area contributed by atoms with Gasteiger partial charge in [0.05, 0.1) is 6.42 Å². The number of hydrogen-bond acceptors (Lipinski definition) is 2. The third-order valence-corrected chi connectivity index (χ3v) is 2.67. The van der Waals surface area contributed by atoms with E-state index in [0.717, 1.165) is 17.7 Å². The maximum Gasteiger partial charge on any atom is 0.331 e. The number of nitrogens with zero attached hydrogens (tertiary/aromatic N) is 1. The molecule has 0 saturated heterocycles. The van der Waals surface area contributed by atoms with E-state index in [0.29, 0.717) is 0 Å². The molecule has 15 heavy (non-hydrogen) atoms. The van der Waals surface area contributed by atoms with Crippen molar-refractivity contribution in [3.05, 3.63) is 41.7 Å². The summed E-state index contributed by atoms with van der Waals surface area (Å²) in [7, 11) is 1.99. The first-order valence-corrected chi connectivity index (χ1v) is 4.99. The van der Waals surface area contributed by atoms with E-state index in [2.05, 4.69) is 0 Å². The van der Waals surface area contributed by atoms with Crippen molar-refractivity contribution in [3.63, 3.8) is 0 Å². The molecule has 0 amide bonds. The molecule has 2 heterocycles. The smallest absolute Gasteiger partial charge is 0.331 e. The van der Waals surface area contributed by atoms with Gasteiger partial charge in [0.25, 0.3) is 0 Å². The zero-order valence-corrected chi connectivity index (χ0v) is 8.93. The highest BCUT2D eigenvalue weighted by molar-refractivity contribution is 5.85. The van der Waals surface area contributed by atoms with Gasteiger partial charge in [-0.25, -0.2) is 9.36 Å². The number of rotatable bonds is 2. The van der Waals surface area contributed by atoms with E-state index < -0.39 is 0 Å². The fraction of sp³-hybridized carbons (Fsp3) is 0.333. The third kappa shape index (κ3) is 2.06. The molecule has 0 saturated carbocycles. The molecule has 1 aliphatic rings. The van der Waals surface area contributed by atoms with Crippen LogP contribution in [-0.4, -0.2) is 12.1 Å². The molecule has 78 valence electrons. The van der Waals surface area contributed by atoms with Crippen LogP contribution in [0.15, 0.2) is 36.0 Å². The topological polar surface area (TPSA) is 30.2 Å². The number of pyridine rings is 1. The van der Waals surface area contributed by atoms with Gasteiger partial charge in [0.2, 0.25) is 0 Å². The van der Waals surface area contributed by atoms with E-state index in [9.17, 15) is 4.79 Å². The molecule has 0 aromatic carbocycles. The van der Waals surface area contributed by atoms with Crippen molar-refractivity contribution in [2.45, 2.75) is 19.4 Å². The summed E-state index contributed by atoms with van der Waals surface area (Å²) in [6.45, 7) is 1.93. The summed E-state index contributed by atoms with van der Waals surface area (Å²) < 4.78 is 7.23. The van der Waals surface area contributed by atoms with E-state index in [1.54, 1.807) is 6.08 Å². The molecule has 3 nitrogen and oxygen atoms in total. The van der Waals surface area contributed by atoms with Crippen LogP contribution < -0.4 is 4.57 Å². The number of aryl methyl sites for hydroxylation is 1. The number of cyclic esters (lactones) is 1. The van der Waals surface area contributed by atoms with Gasteiger partial charge < -0.3 is 4.74 Å². The monoisotopic (exact) mass is 204 g/mol. The summed E-state index contributed by atoms with van der Waals surface area (Å²) in [4.78, 5) is 11.0. The van der Waals surface area contributed by atoms with Crippen LogP contribution in [0.2, 0.25) is 0 Å². The Morgan fingerprint density at radius 2 is 2.27 bits per heavy atom. The molecule has 0 radical (unpaired) electrons. The summed E-state index contributed by atoms with van der Waals surface area (Å²) in [6.07, 6.45) is 4.20. The highest BCUT2D eigenvalue weighted by Gasteiger charge is 2.25. The van der Waals surface area contributed by atoms with Crippen LogP contribution in [0.25, 0.3) is 0 Å². The molecule has 0 spiro atoms. The Balaban J connectivity index is 2.14. The standard InChI is InChI=1S/C12H14NO2/c1-9-7-12(14)15-11(9)8-10-5-3-4-6-13(10)2/h3-7,11H,8H2,1-2H3/q+1/t11-/m0/s1. The van der Waals surface area contributed by atoms with Gasteiger partial charge in [-0.1, -0.05) is 6.07 Å². The molecule has 1 aromatic heterocycles. The quantitative estimate of drug-likeness (QED) is 0.530. The summed E-state index contributed by atoms with van der Waals surface area (Å²) in [5.41, 5.74) is 2.16. The maximum absolute atomic E-state index is 11.0. The Morgan fingerprint density at radius 1 is 1.47 bits per heavy atom. The predicted molar refractivity (Wildman–Crippen MR) is 55.0 cm³/mol. The first-order chi connectivity index (χ1) is 7.16. The zero-order valence-electron chi connectivity index (χ0n) is 8.93. The minimum atomic E-state index is -0.226. The molecule has 2 rings (SSSR count). The van der Waals surface area contributed by atoms with Gasteiger partial charge in [-0.3, -0.25) is 0 Å². The fourth-order valence-electron chi connectivity index (χ4n) is 1.71. The lowest BCUT2D eigenvalue weighted by molar-refractivity contribution is -0.679. The van der Waals surface area contributed by atoms with Crippen LogP contribution >= 0.6 is 0 Å². The second-order valence-electron chi connectivity index (χ2n) is 3.82. The highest BCUT2D eigenvalue weighted by atomic mass is 16.5. The van der Waals surface area contributed by atoms with E-state index >= 15 is 0 Å². The maximum atomic E-state index is 11.0. The van der Waals surface area contributed by atoms with Gasteiger partial charge in [0.1, 0.15) is 13.2 Å². The average Bonchev–Trinajstić information content (AvgIpc) is 2.49. The first-order valence-electron chi connectivity index (χ1n) is 4.99. The average molecular weight is 204 g/mol. The van der Waals surface area contributed by atoms with Gasteiger partial charge in [0, 0.05) is 18.2 Å². The number of carbonyl (C=O) groups excluding carboxylic acids is 1. The normalized spacial score (nSPS) is 20.0. The number of carbonyl (C=O) groups is 1. The lowest BCUT2D eigenvalue weighted by Crippen LogP contribution is -2.35. The zero-order chi connectivity index (χ0) is 10.8. The number of esters is 1. The van der Waals surface area contributed by atoms with E-state index in [-0.39, 0.29) is 12.1 Å². The third-order valence-electron chi connectivity index (χ3n) is 2.67. The Kier molecular flexibility index (Phi) is 2.54. The van der Waals surface area contributed by atoms with E-state index in [4.69, 9.17) is 4.74 Å². The van der Waals surface area contributed by atoms with Crippen LogP contribution in [-0.2, 0) is 23.0 Å². The van der Waals surface area contributed by atoms with Crippen LogP contribution in [0.5, 0.6) is 0 Å². The SMILES string of the molecule is CC1=CC(=O)O[C@H]1Cc1cccc[n+]1C. The lowest BCUT2D eigenvalue weighted by Gasteiger charge is -2.09. The van der Waals surface area contributed by atoms with Gasteiger partial charge in [0.15, 0.2) is 11.9 Å². The molecule has 0 N–H and O–H groups in total. The van der Waals surface area contributed by atoms with Crippen molar-refractivity contribution in [1.82, 2.24) is 0 Å². The van der Waals surface area contributed by atoms with Crippen molar-refractivity contribution in [2.75, 3.05) is 0 Å². The second-order valence-corrected chi connectivity index (χ2v) is 3.82. The second kappa shape index (κ2) is 3.85. The van der Waals surface area contributed by atoms with Crippen LogP contribution in [0.3, 0.4) is 0 Å². The summed E-state index contributed by atoms with van der Waals surface area (Å²) >= 11 is 0. The molecular weight excluding hydrogens is 190 g/mol. The van der Waals surface area contributed by atoms with Gasteiger partial charge >= 0.3 is 5.97 Å². The Labute approximate surface area is 89.0 Å². The van der Waals surface area contributed by atoms with E-state index in [1.807, 2.05) is 42.9 Å². The Hall–Kier alpha value is -1.64. The van der Waals surface area contributed by atoms with E-state index in [1.165, 1.54) is 0 Å². The van der Waals surface area contributed by atoms with Crippen LogP contribution in [0.1, 0.15) is 12.6 Å². The summed E-state index contributed by atoms with van der Waals surface area (Å²) in [5, 5.41) is 0. The summed E-state index contributed by atoms with van der Waals surface area (Å²) in [6, 6.07) is 6.01. The molecule has 1 atom stereocenters. The molecule has 0 aliphatic carbocycles. The van der Waals surface area contributed by atoms with Crippen LogP contribution in [0.4, 0.5) is 0 Å². The first kappa shape index (κ1) is 9.90. The molecular formula is C12H14NO2+. The molecule has 1 aromatic rings. The summed E-state index contributed by atoms with van der Waals surface area (Å²) in [5.74, 6) is -0.226.